The topological polar surface area (TPSA) is 138 Å². The van der Waals surface area contributed by atoms with Crippen molar-refractivity contribution in [2.75, 3.05) is 11.5 Å². The summed E-state index contributed by atoms with van der Waals surface area (Å²) in [6.07, 6.45) is 0. The quantitative estimate of drug-likeness (QED) is 0.273. The number of carbonyl (C=O) groups excluding carboxylic acids is 4. The van der Waals surface area contributed by atoms with Crippen LogP contribution in [0.2, 0.25) is 0 Å². The Morgan fingerprint density at radius 2 is 1.10 bits per heavy atom. The molecule has 0 bridgehead atoms. The van der Waals surface area contributed by atoms with E-state index >= 15 is 0 Å². The molecule has 0 heterocycles. The number of nitrogens with one attached hydrogen (secondary N) is 2. The van der Waals surface area contributed by atoms with E-state index in [1.165, 1.54) is 13.8 Å². The van der Waals surface area contributed by atoms with Gasteiger partial charge < -0.3 is 30.4 Å². The van der Waals surface area contributed by atoms with Gasteiger partial charge in [-0.3, -0.25) is 9.59 Å². The van der Waals surface area contributed by atoms with Crippen molar-refractivity contribution in [3.8, 4) is 0 Å². The molecular formula is C10H16N2O6S2Zn. The Kier molecular flexibility index (Phi) is 17.0. The Morgan fingerprint density at radius 1 is 0.857 bits per heavy atom. The van der Waals surface area contributed by atoms with E-state index in [1.54, 1.807) is 0 Å². The molecule has 0 fully saturated rings. The van der Waals surface area contributed by atoms with Crippen LogP contribution >= 0.6 is 25.3 Å². The largest absolute Gasteiger partial charge is 2.00 e. The molecule has 11 heteroatoms. The second-order valence-electron chi connectivity index (χ2n) is 3.51. The minimum atomic E-state index is -1.31. The zero-order valence-electron chi connectivity index (χ0n) is 11.6. The predicted octanol–water partition coefficient (Wildman–Crippen LogP) is -3.66. The van der Waals surface area contributed by atoms with Crippen LogP contribution in [0.25, 0.3) is 0 Å². The molecule has 21 heavy (non-hydrogen) atoms. The molecule has 116 valence electrons. The van der Waals surface area contributed by atoms with E-state index in [0.29, 0.717) is 0 Å². The molecule has 0 aliphatic heterocycles. The average molecular weight is 390 g/mol. The molecule has 2 N–H and O–H groups in total. The molecule has 2 atom stereocenters. The SMILES string of the molecule is CC(=O)N[C@@H](CS)C(=O)[O-].CC(=O)N[C@@H](CS)C(=O)[O-].[Zn+2]. The monoisotopic (exact) mass is 388 g/mol. The van der Waals surface area contributed by atoms with Gasteiger partial charge in [-0.05, 0) is 0 Å². The van der Waals surface area contributed by atoms with Gasteiger partial charge in [0.1, 0.15) is 0 Å². The molecule has 0 aromatic rings. The minimum absolute atomic E-state index is 0. The van der Waals surface area contributed by atoms with Crippen LogP contribution in [0, 0.1) is 0 Å². The number of hydrogen-bond acceptors (Lipinski definition) is 8. The number of thiol groups is 2. The summed E-state index contributed by atoms with van der Waals surface area (Å²) >= 11 is 7.39. The second-order valence-corrected chi connectivity index (χ2v) is 4.24. The van der Waals surface area contributed by atoms with Crippen molar-refractivity contribution in [1.82, 2.24) is 10.6 Å². The van der Waals surface area contributed by atoms with Gasteiger partial charge in [-0.2, -0.15) is 25.3 Å². The number of hydrogen-bond donors (Lipinski definition) is 4. The Labute approximate surface area is 146 Å². The van der Waals surface area contributed by atoms with E-state index in [4.69, 9.17) is 0 Å². The van der Waals surface area contributed by atoms with Gasteiger partial charge in [0.25, 0.3) is 0 Å². The first-order valence-electron chi connectivity index (χ1n) is 5.33. The van der Waals surface area contributed by atoms with Crippen LogP contribution in [0.1, 0.15) is 13.8 Å². The third kappa shape index (κ3) is 15.4. The number of aliphatic carboxylic acids is 2. The third-order valence-corrected chi connectivity index (χ3v) is 2.42. The van der Waals surface area contributed by atoms with E-state index in [9.17, 15) is 29.4 Å². The Morgan fingerprint density at radius 3 is 1.14 bits per heavy atom. The molecule has 0 saturated heterocycles. The van der Waals surface area contributed by atoms with Crippen LogP contribution < -0.4 is 20.8 Å². The van der Waals surface area contributed by atoms with Crippen molar-refractivity contribution in [3.63, 3.8) is 0 Å². The van der Waals surface area contributed by atoms with E-state index in [1.807, 2.05) is 0 Å². The van der Waals surface area contributed by atoms with Crippen LogP contribution in [0.4, 0.5) is 0 Å². The van der Waals surface area contributed by atoms with Crippen LogP contribution in [0.5, 0.6) is 0 Å². The molecule has 0 radical (unpaired) electrons. The first-order chi connectivity index (χ1) is 9.15. The Balaban J connectivity index is -0.000000295. The van der Waals surface area contributed by atoms with Gasteiger partial charge in [0, 0.05) is 25.4 Å². The van der Waals surface area contributed by atoms with Gasteiger partial charge in [0.05, 0.1) is 24.0 Å². The summed E-state index contributed by atoms with van der Waals surface area (Å²) in [6.45, 7) is 2.47. The maximum atomic E-state index is 10.3. The van der Waals surface area contributed by atoms with Gasteiger partial charge in [-0.15, -0.1) is 0 Å². The van der Waals surface area contributed by atoms with Crippen molar-refractivity contribution in [1.29, 1.82) is 0 Å². The number of amides is 2. The van der Waals surface area contributed by atoms with Crippen molar-refractivity contribution >= 4 is 49.0 Å². The van der Waals surface area contributed by atoms with Crippen LogP contribution in [-0.2, 0) is 38.7 Å². The maximum Gasteiger partial charge on any atom is 2.00 e. The van der Waals surface area contributed by atoms with Crippen LogP contribution in [0.3, 0.4) is 0 Å². The standard InChI is InChI=1S/2C5H9NO3S.Zn/c2*1-3(7)6-4(2-10)5(8)9;/h2*4,10H,2H2,1H3,(H,6,7)(H,8,9);/q;;+2/p-2/t2*4-;/m00./s1. The van der Waals surface area contributed by atoms with E-state index in [2.05, 4.69) is 35.9 Å². The average Bonchev–Trinajstić information content (AvgIpc) is 2.32. The molecule has 0 saturated carbocycles. The fourth-order valence-electron chi connectivity index (χ4n) is 0.849. The summed E-state index contributed by atoms with van der Waals surface area (Å²) < 4.78 is 0. The molecule has 0 aliphatic carbocycles. The number of rotatable bonds is 6. The number of carboxylic acid groups (broad SMARTS) is 2. The van der Waals surface area contributed by atoms with E-state index < -0.39 is 35.8 Å². The fraction of sp³-hybridized carbons (Fsp3) is 0.600. The zero-order valence-corrected chi connectivity index (χ0v) is 16.4. The number of carboxylic acids is 2. The molecular weight excluding hydrogens is 374 g/mol. The van der Waals surface area contributed by atoms with E-state index in [-0.39, 0.29) is 31.0 Å². The molecule has 0 aromatic carbocycles. The summed E-state index contributed by atoms with van der Waals surface area (Å²) in [6, 6.07) is -1.97. The molecule has 0 rings (SSSR count). The van der Waals surface area contributed by atoms with Crippen LogP contribution in [0.15, 0.2) is 0 Å². The Bertz CT molecular complexity index is 335. The molecule has 2 amide bonds. The summed E-state index contributed by atoms with van der Waals surface area (Å²) in [5, 5.41) is 24.5. The summed E-state index contributed by atoms with van der Waals surface area (Å²) in [4.78, 5) is 40.7. The first kappa shape index (κ1) is 25.2. The predicted molar refractivity (Wildman–Crippen MR) is 72.9 cm³/mol. The van der Waals surface area contributed by atoms with Crippen molar-refractivity contribution in [2.45, 2.75) is 25.9 Å². The fourth-order valence-corrected chi connectivity index (χ4v) is 1.33. The normalized spacial score (nSPS) is 11.6. The van der Waals surface area contributed by atoms with Crippen LogP contribution in [-0.4, -0.2) is 47.3 Å². The maximum absolute atomic E-state index is 10.3. The third-order valence-electron chi connectivity index (χ3n) is 1.69. The summed E-state index contributed by atoms with van der Waals surface area (Å²) in [5.41, 5.74) is 0. The minimum Gasteiger partial charge on any atom is -0.548 e. The van der Waals surface area contributed by atoms with Gasteiger partial charge in [-0.25, -0.2) is 0 Å². The van der Waals surface area contributed by atoms with Crippen molar-refractivity contribution in [2.24, 2.45) is 0 Å². The summed E-state index contributed by atoms with van der Waals surface area (Å²) in [5.74, 6) is -3.34. The van der Waals surface area contributed by atoms with Gasteiger partial charge in [0.2, 0.25) is 11.8 Å². The zero-order chi connectivity index (χ0) is 16.3. The van der Waals surface area contributed by atoms with Gasteiger partial charge in [-0.1, -0.05) is 0 Å². The Hall–Kier alpha value is -0.797. The first-order valence-corrected chi connectivity index (χ1v) is 6.59. The molecule has 0 unspecified atom stereocenters. The second kappa shape index (κ2) is 14.2. The van der Waals surface area contributed by atoms with E-state index in [0.717, 1.165) is 0 Å². The molecule has 0 aliphatic rings. The van der Waals surface area contributed by atoms with Crippen molar-refractivity contribution < 1.29 is 48.9 Å². The smallest absolute Gasteiger partial charge is 0.548 e. The molecule has 0 spiro atoms. The van der Waals surface area contributed by atoms with Gasteiger partial charge in [0.15, 0.2) is 0 Å². The van der Waals surface area contributed by atoms with Crippen molar-refractivity contribution in [3.05, 3.63) is 0 Å². The number of carbonyl (C=O) groups is 4. The molecule has 0 aromatic heterocycles. The summed E-state index contributed by atoms with van der Waals surface area (Å²) in [7, 11) is 0. The van der Waals surface area contributed by atoms with Gasteiger partial charge >= 0.3 is 19.5 Å². The molecule has 8 nitrogen and oxygen atoms in total.